The molecule has 5 heteroatoms. The number of hydrogen-bond donors (Lipinski definition) is 2. The number of para-hydroxylation sites is 1. The van der Waals surface area contributed by atoms with Crippen molar-refractivity contribution >= 4 is 17.7 Å². The summed E-state index contributed by atoms with van der Waals surface area (Å²) in [5.41, 5.74) is 3.80. The van der Waals surface area contributed by atoms with Gasteiger partial charge < -0.3 is 4.74 Å². The largest absolute Gasteiger partial charge is 0.496 e. The van der Waals surface area contributed by atoms with Crippen LogP contribution in [0.25, 0.3) is 0 Å². The first-order valence-electron chi connectivity index (χ1n) is 6.10. The van der Waals surface area contributed by atoms with E-state index in [9.17, 15) is 4.79 Å². The summed E-state index contributed by atoms with van der Waals surface area (Å²) in [5.74, 6) is 6.49. The summed E-state index contributed by atoms with van der Waals surface area (Å²) in [6, 6.07) is 15.3. The summed E-state index contributed by atoms with van der Waals surface area (Å²) in [7, 11) is 1.67. The SMILES string of the molecule is COc1ccccc1SCc1ccc(C(=O)NN)cc1. The maximum Gasteiger partial charge on any atom is 0.265 e. The standard InChI is InChI=1S/C15H16N2O2S/c1-19-13-4-2-3-5-14(13)20-10-11-6-8-12(9-7-11)15(18)17-16/h2-9H,10,16H2,1H3,(H,17,18). The van der Waals surface area contributed by atoms with Crippen LogP contribution in [0, 0.1) is 0 Å². The molecule has 20 heavy (non-hydrogen) atoms. The molecule has 0 atom stereocenters. The molecule has 104 valence electrons. The quantitative estimate of drug-likeness (QED) is 0.384. The highest BCUT2D eigenvalue weighted by Crippen LogP contribution is 2.31. The Bertz CT molecular complexity index is 585. The second-order valence-corrected chi connectivity index (χ2v) is 5.13. The fourth-order valence-corrected chi connectivity index (χ4v) is 2.72. The van der Waals surface area contributed by atoms with Crippen molar-refractivity contribution in [3.05, 3.63) is 59.7 Å². The van der Waals surface area contributed by atoms with Gasteiger partial charge in [-0.05, 0) is 29.8 Å². The number of nitrogens with one attached hydrogen (secondary N) is 1. The van der Waals surface area contributed by atoms with Crippen LogP contribution in [0.5, 0.6) is 5.75 Å². The Balaban J connectivity index is 2.02. The van der Waals surface area contributed by atoms with Gasteiger partial charge in [0.05, 0.1) is 7.11 Å². The third-order valence-electron chi connectivity index (χ3n) is 2.81. The topological polar surface area (TPSA) is 64.3 Å². The van der Waals surface area contributed by atoms with Crippen LogP contribution < -0.4 is 16.0 Å². The van der Waals surface area contributed by atoms with Gasteiger partial charge in [-0.3, -0.25) is 10.2 Å². The Morgan fingerprint density at radius 2 is 1.90 bits per heavy atom. The maximum atomic E-state index is 11.3. The average molecular weight is 288 g/mol. The number of thioether (sulfide) groups is 1. The van der Waals surface area contributed by atoms with Gasteiger partial charge in [0.25, 0.3) is 5.91 Å². The van der Waals surface area contributed by atoms with Gasteiger partial charge in [0.1, 0.15) is 5.75 Å². The normalized spacial score (nSPS) is 10.1. The summed E-state index contributed by atoms with van der Waals surface area (Å²) in [4.78, 5) is 12.4. The van der Waals surface area contributed by atoms with Gasteiger partial charge in [0, 0.05) is 16.2 Å². The average Bonchev–Trinajstić information content (AvgIpc) is 2.53. The summed E-state index contributed by atoms with van der Waals surface area (Å²) >= 11 is 1.69. The van der Waals surface area contributed by atoms with E-state index in [1.807, 2.05) is 36.4 Å². The number of carbonyl (C=O) groups excluding carboxylic acids is 1. The Morgan fingerprint density at radius 3 is 2.55 bits per heavy atom. The maximum absolute atomic E-state index is 11.3. The zero-order valence-electron chi connectivity index (χ0n) is 11.1. The smallest absolute Gasteiger partial charge is 0.265 e. The van der Waals surface area contributed by atoms with Crippen molar-refractivity contribution in [3.8, 4) is 5.75 Å². The molecule has 0 aliphatic heterocycles. The number of benzene rings is 2. The Morgan fingerprint density at radius 1 is 1.20 bits per heavy atom. The molecular formula is C15H16N2O2S. The van der Waals surface area contributed by atoms with E-state index < -0.39 is 0 Å². The summed E-state index contributed by atoms with van der Waals surface area (Å²) in [6.45, 7) is 0. The zero-order chi connectivity index (χ0) is 14.4. The molecular weight excluding hydrogens is 272 g/mol. The molecule has 4 nitrogen and oxygen atoms in total. The Kier molecular flexibility index (Phi) is 5.03. The number of ether oxygens (including phenoxy) is 1. The fraction of sp³-hybridized carbons (Fsp3) is 0.133. The molecule has 3 N–H and O–H groups in total. The highest BCUT2D eigenvalue weighted by Gasteiger charge is 2.05. The van der Waals surface area contributed by atoms with Gasteiger partial charge >= 0.3 is 0 Å². The van der Waals surface area contributed by atoms with Crippen LogP contribution in [0.4, 0.5) is 0 Å². The van der Waals surface area contributed by atoms with E-state index in [1.165, 1.54) is 0 Å². The van der Waals surface area contributed by atoms with Gasteiger partial charge in [-0.15, -0.1) is 11.8 Å². The lowest BCUT2D eigenvalue weighted by Gasteiger charge is -2.08. The van der Waals surface area contributed by atoms with Crippen molar-refractivity contribution in [3.63, 3.8) is 0 Å². The highest BCUT2D eigenvalue weighted by molar-refractivity contribution is 7.98. The van der Waals surface area contributed by atoms with E-state index in [1.54, 1.807) is 31.0 Å². The van der Waals surface area contributed by atoms with E-state index in [-0.39, 0.29) is 5.91 Å². The predicted octanol–water partition coefficient (Wildman–Crippen LogP) is 2.59. The zero-order valence-corrected chi connectivity index (χ0v) is 11.9. The first-order valence-corrected chi connectivity index (χ1v) is 7.09. The van der Waals surface area contributed by atoms with E-state index in [0.717, 1.165) is 22.0 Å². The number of hydrazine groups is 1. The van der Waals surface area contributed by atoms with Crippen molar-refractivity contribution in [2.24, 2.45) is 5.84 Å². The monoisotopic (exact) mass is 288 g/mol. The molecule has 0 fully saturated rings. The first kappa shape index (κ1) is 14.4. The van der Waals surface area contributed by atoms with Gasteiger partial charge in [-0.25, -0.2) is 5.84 Å². The van der Waals surface area contributed by atoms with Gasteiger partial charge in [0.15, 0.2) is 0 Å². The van der Waals surface area contributed by atoms with Crippen molar-refractivity contribution < 1.29 is 9.53 Å². The van der Waals surface area contributed by atoms with Gasteiger partial charge in [-0.2, -0.15) is 0 Å². The van der Waals surface area contributed by atoms with E-state index >= 15 is 0 Å². The number of carbonyl (C=O) groups is 1. The van der Waals surface area contributed by atoms with Crippen LogP contribution in [-0.4, -0.2) is 13.0 Å². The van der Waals surface area contributed by atoms with E-state index in [2.05, 4.69) is 5.43 Å². The van der Waals surface area contributed by atoms with Crippen LogP contribution in [-0.2, 0) is 5.75 Å². The second kappa shape index (κ2) is 6.98. The van der Waals surface area contributed by atoms with Gasteiger partial charge in [-0.1, -0.05) is 24.3 Å². The van der Waals surface area contributed by atoms with Crippen LogP contribution in [0.2, 0.25) is 0 Å². The summed E-state index contributed by atoms with van der Waals surface area (Å²) in [5, 5.41) is 0. The second-order valence-electron chi connectivity index (χ2n) is 4.11. The van der Waals surface area contributed by atoms with Crippen LogP contribution in [0.3, 0.4) is 0 Å². The molecule has 0 spiro atoms. The minimum absolute atomic E-state index is 0.283. The Hall–Kier alpha value is -1.98. The van der Waals surface area contributed by atoms with E-state index in [0.29, 0.717) is 5.56 Å². The van der Waals surface area contributed by atoms with E-state index in [4.69, 9.17) is 10.6 Å². The molecule has 2 rings (SSSR count). The van der Waals surface area contributed by atoms with Crippen molar-refractivity contribution in [1.82, 2.24) is 5.43 Å². The molecule has 2 aromatic rings. The molecule has 0 aromatic heterocycles. The molecule has 0 saturated carbocycles. The van der Waals surface area contributed by atoms with Gasteiger partial charge in [0.2, 0.25) is 0 Å². The van der Waals surface area contributed by atoms with Crippen LogP contribution >= 0.6 is 11.8 Å². The molecule has 0 unspecified atom stereocenters. The minimum Gasteiger partial charge on any atom is -0.496 e. The molecule has 0 heterocycles. The molecule has 2 aromatic carbocycles. The molecule has 0 radical (unpaired) electrons. The first-order chi connectivity index (χ1) is 9.74. The number of nitrogen functional groups attached to an aromatic ring is 1. The summed E-state index contributed by atoms with van der Waals surface area (Å²) in [6.07, 6.45) is 0. The molecule has 0 aliphatic carbocycles. The lowest BCUT2D eigenvalue weighted by molar-refractivity contribution is 0.0953. The number of hydrogen-bond acceptors (Lipinski definition) is 4. The molecule has 0 aliphatic rings. The molecule has 0 saturated heterocycles. The van der Waals surface area contributed by atoms with Crippen LogP contribution in [0.1, 0.15) is 15.9 Å². The van der Waals surface area contributed by atoms with Crippen molar-refractivity contribution in [2.45, 2.75) is 10.6 Å². The van der Waals surface area contributed by atoms with Crippen molar-refractivity contribution in [2.75, 3.05) is 7.11 Å². The highest BCUT2D eigenvalue weighted by atomic mass is 32.2. The number of methoxy groups -OCH3 is 1. The summed E-state index contributed by atoms with van der Waals surface area (Å²) < 4.78 is 5.31. The minimum atomic E-state index is -0.283. The fourth-order valence-electron chi connectivity index (χ4n) is 1.73. The number of amides is 1. The van der Waals surface area contributed by atoms with Crippen molar-refractivity contribution in [1.29, 1.82) is 0 Å². The lowest BCUT2D eigenvalue weighted by atomic mass is 10.1. The number of rotatable bonds is 5. The third-order valence-corrected chi connectivity index (χ3v) is 3.94. The predicted molar refractivity (Wildman–Crippen MR) is 80.7 cm³/mol. The van der Waals surface area contributed by atoms with Crippen LogP contribution in [0.15, 0.2) is 53.4 Å². The number of nitrogens with two attached hydrogens (primary N) is 1. The lowest BCUT2D eigenvalue weighted by Crippen LogP contribution is -2.29. The third kappa shape index (κ3) is 3.53. The molecule has 0 bridgehead atoms. The Labute approximate surface area is 122 Å². The molecule has 1 amide bonds.